The van der Waals surface area contributed by atoms with E-state index in [1.54, 1.807) is 0 Å². The number of anilines is 1. The molecule has 0 aliphatic rings. The quantitative estimate of drug-likeness (QED) is 0.823. The van der Waals surface area contributed by atoms with E-state index in [9.17, 15) is 4.79 Å². The predicted octanol–water partition coefficient (Wildman–Crippen LogP) is 2.76. The normalized spacial score (nSPS) is 12.2. The standard InChI is InChI=1S/C12H18N2O/c1-4-6-9(2)12(15)14-11-8-5-7-10(3)13-11/h5,7-9H,4,6H2,1-3H3,(H,13,14,15). The van der Waals surface area contributed by atoms with E-state index in [2.05, 4.69) is 17.2 Å². The number of amides is 1. The lowest BCUT2D eigenvalue weighted by atomic mass is 10.1. The van der Waals surface area contributed by atoms with Gasteiger partial charge in [-0.1, -0.05) is 26.3 Å². The summed E-state index contributed by atoms with van der Waals surface area (Å²) in [7, 11) is 0. The van der Waals surface area contributed by atoms with Gasteiger partial charge in [-0.2, -0.15) is 0 Å². The van der Waals surface area contributed by atoms with Crippen LogP contribution in [0.5, 0.6) is 0 Å². The molecule has 0 radical (unpaired) electrons. The molecule has 3 nitrogen and oxygen atoms in total. The molecule has 1 unspecified atom stereocenters. The van der Waals surface area contributed by atoms with E-state index in [1.165, 1.54) is 0 Å². The summed E-state index contributed by atoms with van der Waals surface area (Å²) in [5.74, 6) is 0.746. The van der Waals surface area contributed by atoms with Crippen molar-refractivity contribution in [3.63, 3.8) is 0 Å². The molecular formula is C12H18N2O. The maximum Gasteiger partial charge on any atom is 0.228 e. The van der Waals surface area contributed by atoms with E-state index in [4.69, 9.17) is 0 Å². The van der Waals surface area contributed by atoms with Crippen LogP contribution in [0.4, 0.5) is 5.82 Å². The molecule has 1 aromatic rings. The van der Waals surface area contributed by atoms with Crippen LogP contribution in [-0.4, -0.2) is 10.9 Å². The van der Waals surface area contributed by atoms with Crippen molar-refractivity contribution in [2.75, 3.05) is 5.32 Å². The highest BCUT2D eigenvalue weighted by atomic mass is 16.1. The van der Waals surface area contributed by atoms with Gasteiger partial charge < -0.3 is 5.32 Å². The van der Waals surface area contributed by atoms with Crippen LogP contribution in [-0.2, 0) is 4.79 Å². The molecule has 1 N–H and O–H groups in total. The number of rotatable bonds is 4. The zero-order valence-corrected chi connectivity index (χ0v) is 9.58. The monoisotopic (exact) mass is 206 g/mol. The summed E-state index contributed by atoms with van der Waals surface area (Å²) in [6.45, 7) is 5.93. The van der Waals surface area contributed by atoms with Crippen molar-refractivity contribution in [2.45, 2.75) is 33.6 Å². The van der Waals surface area contributed by atoms with Gasteiger partial charge in [0, 0.05) is 11.6 Å². The Hall–Kier alpha value is -1.38. The number of aryl methyl sites for hydroxylation is 1. The van der Waals surface area contributed by atoms with Gasteiger partial charge in [0.25, 0.3) is 0 Å². The molecule has 0 aromatic carbocycles. The number of hydrogen-bond acceptors (Lipinski definition) is 2. The van der Waals surface area contributed by atoms with Crippen molar-refractivity contribution in [1.82, 2.24) is 4.98 Å². The van der Waals surface area contributed by atoms with Crippen LogP contribution in [0.15, 0.2) is 18.2 Å². The Morgan fingerprint density at radius 2 is 2.27 bits per heavy atom. The molecule has 0 fully saturated rings. The van der Waals surface area contributed by atoms with E-state index in [0.29, 0.717) is 5.82 Å². The molecule has 1 rings (SSSR count). The van der Waals surface area contributed by atoms with Crippen LogP contribution < -0.4 is 5.32 Å². The maximum atomic E-state index is 11.7. The molecule has 1 heterocycles. The fourth-order valence-corrected chi connectivity index (χ4v) is 1.43. The fourth-order valence-electron chi connectivity index (χ4n) is 1.43. The third-order valence-corrected chi connectivity index (χ3v) is 2.31. The summed E-state index contributed by atoms with van der Waals surface area (Å²) in [5.41, 5.74) is 0.913. The van der Waals surface area contributed by atoms with E-state index < -0.39 is 0 Å². The summed E-state index contributed by atoms with van der Waals surface area (Å²) >= 11 is 0. The molecular weight excluding hydrogens is 188 g/mol. The zero-order chi connectivity index (χ0) is 11.3. The Labute approximate surface area is 90.9 Å². The van der Waals surface area contributed by atoms with Crippen LogP contribution in [0.3, 0.4) is 0 Å². The third-order valence-electron chi connectivity index (χ3n) is 2.31. The summed E-state index contributed by atoms with van der Waals surface area (Å²) in [6.07, 6.45) is 1.94. The van der Waals surface area contributed by atoms with E-state index in [1.807, 2.05) is 32.0 Å². The van der Waals surface area contributed by atoms with Gasteiger partial charge in [-0.3, -0.25) is 4.79 Å². The van der Waals surface area contributed by atoms with E-state index >= 15 is 0 Å². The van der Waals surface area contributed by atoms with Crippen LogP contribution in [0.2, 0.25) is 0 Å². The molecule has 82 valence electrons. The highest BCUT2D eigenvalue weighted by Crippen LogP contribution is 2.10. The van der Waals surface area contributed by atoms with E-state index in [0.717, 1.165) is 18.5 Å². The van der Waals surface area contributed by atoms with Crippen molar-refractivity contribution >= 4 is 11.7 Å². The van der Waals surface area contributed by atoms with Gasteiger partial charge >= 0.3 is 0 Å². The second-order valence-corrected chi connectivity index (χ2v) is 3.84. The Kier molecular flexibility index (Phi) is 4.28. The first-order valence-electron chi connectivity index (χ1n) is 5.38. The van der Waals surface area contributed by atoms with Crippen LogP contribution in [0, 0.1) is 12.8 Å². The van der Waals surface area contributed by atoms with Gasteiger partial charge in [0.2, 0.25) is 5.91 Å². The van der Waals surface area contributed by atoms with Crippen LogP contribution >= 0.6 is 0 Å². The fraction of sp³-hybridized carbons (Fsp3) is 0.500. The molecule has 1 amide bonds. The SMILES string of the molecule is CCCC(C)C(=O)Nc1cccc(C)n1. The first kappa shape index (κ1) is 11.7. The highest BCUT2D eigenvalue weighted by Gasteiger charge is 2.11. The Balaban J connectivity index is 2.58. The van der Waals surface area contributed by atoms with Crippen molar-refractivity contribution in [2.24, 2.45) is 5.92 Å². The minimum absolute atomic E-state index is 0.0509. The summed E-state index contributed by atoms with van der Waals surface area (Å²) in [4.78, 5) is 15.9. The number of pyridine rings is 1. The number of carbonyl (C=O) groups is 1. The lowest BCUT2D eigenvalue weighted by Crippen LogP contribution is -2.20. The van der Waals surface area contributed by atoms with Gasteiger partial charge in [0.05, 0.1) is 0 Å². The molecule has 1 aromatic heterocycles. The molecule has 0 saturated heterocycles. The van der Waals surface area contributed by atoms with Crippen molar-refractivity contribution in [3.05, 3.63) is 23.9 Å². The van der Waals surface area contributed by atoms with Crippen LogP contribution in [0.1, 0.15) is 32.4 Å². The highest BCUT2D eigenvalue weighted by molar-refractivity contribution is 5.91. The molecule has 3 heteroatoms. The Bertz CT molecular complexity index is 336. The number of nitrogens with one attached hydrogen (secondary N) is 1. The molecule has 0 aliphatic heterocycles. The molecule has 0 saturated carbocycles. The third kappa shape index (κ3) is 3.70. The topological polar surface area (TPSA) is 42.0 Å². The molecule has 0 bridgehead atoms. The molecule has 0 aliphatic carbocycles. The van der Waals surface area contributed by atoms with Crippen molar-refractivity contribution < 1.29 is 4.79 Å². The predicted molar refractivity (Wildman–Crippen MR) is 61.7 cm³/mol. The lowest BCUT2D eigenvalue weighted by molar-refractivity contribution is -0.119. The smallest absolute Gasteiger partial charge is 0.228 e. The van der Waals surface area contributed by atoms with Gasteiger partial charge in [-0.25, -0.2) is 4.98 Å². The zero-order valence-electron chi connectivity index (χ0n) is 9.58. The second kappa shape index (κ2) is 5.49. The van der Waals surface area contributed by atoms with Gasteiger partial charge in [-0.05, 0) is 25.5 Å². The van der Waals surface area contributed by atoms with Crippen LogP contribution in [0.25, 0.3) is 0 Å². The van der Waals surface area contributed by atoms with Crippen molar-refractivity contribution in [3.8, 4) is 0 Å². The molecule has 0 spiro atoms. The second-order valence-electron chi connectivity index (χ2n) is 3.84. The van der Waals surface area contributed by atoms with Gasteiger partial charge in [0.15, 0.2) is 0 Å². The number of nitrogens with zero attached hydrogens (tertiary/aromatic N) is 1. The average Bonchev–Trinajstić information content (AvgIpc) is 2.18. The molecule has 1 atom stereocenters. The van der Waals surface area contributed by atoms with Crippen molar-refractivity contribution in [1.29, 1.82) is 0 Å². The maximum absolute atomic E-state index is 11.7. The van der Waals surface area contributed by atoms with E-state index in [-0.39, 0.29) is 11.8 Å². The number of aromatic nitrogens is 1. The Morgan fingerprint density at radius 1 is 1.53 bits per heavy atom. The largest absolute Gasteiger partial charge is 0.310 e. The van der Waals surface area contributed by atoms with Gasteiger partial charge in [-0.15, -0.1) is 0 Å². The Morgan fingerprint density at radius 3 is 2.87 bits per heavy atom. The molecule has 15 heavy (non-hydrogen) atoms. The first-order valence-corrected chi connectivity index (χ1v) is 5.38. The lowest BCUT2D eigenvalue weighted by Gasteiger charge is -2.10. The minimum atomic E-state index is 0.0509. The summed E-state index contributed by atoms with van der Waals surface area (Å²) in [5, 5.41) is 2.82. The average molecular weight is 206 g/mol. The summed E-state index contributed by atoms with van der Waals surface area (Å²) in [6, 6.07) is 5.61. The number of hydrogen-bond donors (Lipinski definition) is 1. The minimum Gasteiger partial charge on any atom is -0.310 e. The number of carbonyl (C=O) groups excluding carboxylic acids is 1. The first-order chi connectivity index (χ1) is 7.13. The van der Waals surface area contributed by atoms with Gasteiger partial charge in [0.1, 0.15) is 5.82 Å². The summed E-state index contributed by atoms with van der Waals surface area (Å²) < 4.78 is 0.